The van der Waals surface area contributed by atoms with E-state index in [2.05, 4.69) is 28.2 Å². The zero-order valence-electron chi connectivity index (χ0n) is 9.67. The van der Waals surface area contributed by atoms with Gasteiger partial charge in [-0.15, -0.1) is 0 Å². The van der Waals surface area contributed by atoms with Gasteiger partial charge in [-0.1, -0.05) is 0 Å². The van der Waals surface area contributed by atoms with Crippen LogP contribution < -0.4 is 10.1 Å². The van der Waals surface area contributed by atoms with Crippen molar-refractivity contribution < 1.29 is 9.13 Å². The Bertz CT molecular complexity index is 447. The minimum atomic E-state index is -0.212. The van der Waals surface area contributed by atoms with E-state index in [4.69, 9.17) is 4.74 Å². The smallest absolute Gasteiger partial charge is 0.138 e. The first-order valence-corrected chi connectivity index (χ1v) is 6.84. The maximum absolute atomic E-state index is 13.5. The van der Waals surface area contributed by atoms with Gasteiger partial charge in [0.2, 0.25) is 0 Å². The molecule has 1 aliphatic carbocycles. The number of ether oxygens (including phenoxy) is 1. The molecule has 1 heterocycles. The molecule has 1 aliphatic heterocycles. The van der Waals surface area contributed by atoms with Crippen molar-refractivity contribution in [1.82, 2.24) is 5.32 Å². The van der Waals surface area contributed by atoms with Gasteiger partial charge in [-0.3, -0.25) is 0 Å². The summed E-state index contributed by atoms with van der Waals surface area (Å²) in [7, 11) is 0. The van der Waals surface area contributed by atoms with E-state index < -0.39 is 0 Å². The van der Waals surface area contributed by atoms with Gasteiger partial charge in [0.05, 0.1) is 10.6 Å². The summed E-state index contributed by atoms with van der Waals surface area (Å²) >= 11 is 3.38. The molecule has 0 radical (unpaired) electrons. The van der Waals surface area contributed by atoms with E-state index in [1.165, 1.54) is 18.9 Å². The molecular weight excluding hydrogens is 285 g/mol. The van der Waals surface area contributed by atoms with Gasteiger partial charge in [-0.2, -0.15) is 0 Å². The molecule has 0 saturated heterocycles. The maximum Gasteiger partial charge on any atom is 0.138 e. The number of rotatable bonds is 2. The number of halogens is 2. The quantitative estimate of drug-likeness (QED) is 0.902. The molecule has 2 nitrogen and oxygen atoms in total. The van der Waals surface area contributed by atoms with Crippen LogP contribution in [0.25, 0.3) is 0 Å². The van der Waals surface area contributed by atoms with E-state index in [0.29, 0.717) is 10.5 Å². The molecule has 1 fully saturated rings. The van der Waals surface area contributed by atoms with Crippen molar-refractivity contribution in [3.8, 4) is 5.75 Å². The average molecular weight is 300 g/mol. The van der Waals surface area contributed by atoms with E-state index in [9.17, 15) is 4.39 Å². The van der Waals surface area contributed by atoms with Crippen LogP contribution in [0.2, 0.25) is 0 Å². The van der Waals surface area contributed by atoms with Crippen LogP contribution in [0.5, 0.6) is 5.75 Å². The highest BCUT2D eigenvalue weighted by Crippen LogP contribution is 2.41. The molecule has 0 bridgehead atoms. The summed E-state index contributed by atoms with van der Waals surface area (Å²) < 4.78 is 20.0. The fourth-order valence-corrected chi connectivity index (χ4v) is 2.91. The first-order valence-electron chi connectivity index (χ1n) is 6.05. The molecule has 1 N–H and O–H groups in total. The Morgan fingerprint density at radius 1 is 1.41 bits per heavy atom. The van der Waals surface area contributed by atoms with E-state index in [-0.39, 0.29) is 18.0 Å². The third-order valence-corrected chi connectivity index (χ3v) is 3.90. The third-order valence-electron chi connectivity index (χ3n) is 3.31. The summed E-state index contributed by atoms with van der Waals surface area (Å²) in [6.45, 7) is 2.06. The van der Waals surface area contributed by atoms with Crippen LogP contribution in [0.3, 0.4) is 0 Å². The molecule has 0 aromatic heterocycles. The van der Waals surface area contributed by atoms with E-state index >= 15 is 0 Å². The number of hydrogen-bond donors (Lipinski definition) is 1. The standard InChI is InChI=1S/C13H15BrFNO/c1-7-4-12(16-9-2-3-9)10-5-8(15)6-11(14)13(10)17-7/h5-7,9,12,16H,2-4H2,1H3. The van der Waals surface area contributed by atoms with E-state index in [1.54, 1.807) is 6.07 Å². The van der Waals surface area contributed by atoms with Crippen molar-refractivity contribution in [3.63, 3.8) is 0 Å². The molecule has 0 spiro atoms. The molecule has 2 aliphatic rings. The highest BCUT2D eigenvalue weighted by Gasteiger charge is 2.32. The molecule has 2 atom stereocenters. The Morgan fingerprint density at radius 2 is 2.18 bits per heavy atom. The zero-order chi connectivity index (χ0) is 12.0. The monoisotopic (exact) mass is 299 g/mol. The second kappa shape index (κ2) is 4.25. The Kier molecular flexibility index (Phi) is 2.87. The van der Waals surface area contributed by atoms with Gasteiger partial charge in [-0.05, 0) is 47.8 Å². The number of hydrogen-bond acceptors (Lipinski definition) is 2. The van der Waals surface area contributed by atoms with E-state index in [0.717, 1.165) is 17.7 Å². The van der Waals surface area contributed by atoms with Crippen LogP contribution in [0.1, 0.15) is 37.8 Å². The van der Waals surface area contributed by atoms with Crippen LogP contribution in [-0.4, -0.2) is 12.1 Å². The van der Waals surface area contributed by atoms with Gasteiger partial charge in [0.15, 0.2) is 0 Å². The van der Waals surface area contributed by atoms with Gasteiger partial charge in [-0.25, -0.2) is 4.39 Å². The summed E-state index contributed by atoms with van der Waals surface area (Å²) in [6.07, 6.45) is 3.54. The predicted octanol–water partition coefficient (Wildman–Crippen LogP) is 3.55. The highest BCUT2D eigenvalue weighted by molar-refractivity contribution is 9.10. The zero-order valence-corrected chi connectivity index (χ0v) is 11.3. The van der Waals surface area contributed by atoms with Gasteiger partial charge in [0, 0.05) is 24.1 Å². The molecule has 2 unspecified atom stereocenters. The minimum Gasteiger partial charge on any atom is -0.489 e. The molecule has 3 rings (SSSR count). The summed E-state index contributed by atoms with van der Waals surface area (Å²) in [5, 5.41) is 3.57. The van der Waals surface area contributed by atoms with Gasteiger partial charge < -0.3 is 10.1 Å². The van der Waals surface area contributed by atoms with Gasteiger partial charge in [0.25, 0.3) is 0 Å². The summed E-state index contributed by atoms with van der Waals surface area (Å²) in [4.78, 5) is 0. The first-order chi connectivity index (χ1) is 8.13. The van der Waals surface area contributed by atoms with Crippen molar-refractivity contribution >= 4 is 15.9 Å². The fourth-order valence-electron chi connectivity index (χ4n) is 2.36. The van der Waals surface area contributed by atoms with Crippen molar-refractivity contribution in [3.05, 3.63) is 28.0 Å². The Labute approximate surface area is 109 Å². The van der Waals surface area contributed by atoms with Gasteiger partial charge in [0.1, 0.15) is 11.6 Å². The van der Waals surface area contributed by atoms with Crippen LogP contribution in [0, 0.1) is 5.82 Å². The Hall–Kier alpha value is -0.610. The largest absolute Gasteiger partial charge is 0.489 e. The molecule has 17 heavy (non-hydrogen) atoms. The van der Waals surface area contributed by atoms with Crippen LogP contribution in [0.15, 0.2) is 16.6 Å². The summed E-state index contributed by atoms with van der Waals surface area (Å²) in [6, 6.07) is 3.88. The lowest BCUT2D eigenvalue weighted by Gasteiger charge is -2.32. The lowest BCUT2D eigenvalue weighted by molar-refractivity contribution is 0.164. The third kappa shape index (κ3) is 2.33. The van der Waals surface area contributed by atoms with Crippen molar-refractivity contribution in [2.24, 2.45) is 0 Å². The highest BCUT2D eigenvalue weighted by atomic mass is 79.9. The van der Waals surface area contributed by atoms with Crippen molar-refractivity contribution in [2.75, 3.05) is 0 Å². The van der Waals surface area contributed by atoms with Crippen molar-refractivity contribution in [1.29, 1.82) is 0 Å². The fraction of sp³-hybridized carbons (Fsp3) is 0.538. The second-order valence-electron chi connectivity index (χ2n) is 4.96. The molecule has 4 heteroatoms. The average Bonchev–Trinajstić information content (AvgIpc) is 3.04. The molecule has 1 aromatic carbocycles. The van der Waals surface area contributed by atoms with Gasteiger partial charge >= 0.3 is 0 Å². The molecule has 0 amide bonds. The molecule has 92 valence electrons. The summed E-state index contributed by atoms with van der Waals surface area (Å²) in [5.74, 6) is 0.583. The Balaban J connectivity index is 1.97. The van der Waals surface area contributed by atoms with Crippen molar-refractivity contribution in [2.45, 2.75) is 44.4 Å². The van der Waals surface area contributed by atoms with Crippen LogP contribution in [-0.2, 0) is 0 Å². The van der Waals surface area contributed by atoms with Crippen LogP contribution >= 0.6 is 15.9 Å². The minimum absolute atomic E-state index is 0.167. The molecule has 1 aromatic rings. The Morgan fingerprint density at radius 3 is 2.88 bits per heavy atom. The first kappa shape index (κ1) is 11.5. The van der Waals surface area contributed by atoms with Crippen LogP contribution in [0.4, 0.5) is 4.39 Å². The lowest BCUT2D eigenvalue weighted by Crippen LogP contribution is -2.32. The maximum atomic E-state index is 13.5. The van der Waals surface area contributed by atoms with E-state index in [1.807, 2.05) is 0 Å². The number of benzene rings is 1. The number of nitrogens with one attached hydrogen (secondary N) is 1. The topological polar surface area (TPSA) is 21.3 Å². The lowest BCUT2D eigenvalue weighted by atomic mass is 9.97. The predicted molar refractivity (Wildman–Crippen MR) is 67.7 cm³/mol. The second-order valence-corrected chi connectivity index (χ2v) is 5.82. The SMILES string of the molecule is CC1CC(NC2CC2)c2cc(F)cc(Br)c2O1. The summed E-state index contributed by atoms with van der Waals surface area (Å²) in [5.41, 5.74) is 0.946. The molecular formula is C13H15BrFNO. The number of fused-ring (bicyclic) bond motifs is 1. The normalized spacial score (nSPS) is 27.5. The molecule has 1 saturated carbocycles.